The number of anilines is 1. The Bertz CT molecular complexity index is 527. The van der Waals surface area contributed by atoms with Crippen molar-refractivity contribution in [3.8, 4) is 5.75 Å². The van der Waals surface area contributed by atoms with Crippen LogP contribution in [0.5, 0.6) is 5.75 Å². The lowest BCUT2D eigenvalue weighted by Gasteiger charge is -2.21. The Morgan fingerprint density at radius 3 is 2.79 bits per heavy atom. The Morgan fingerprint density at radius 1 is 1.37 bits per heavy atom. The molecule has 1 heterocycles. The van der Waals surface area contributed by atoms with Crippen molar-refractivity contribution in [2.24, 2.45) is 0 Å². The largest absolute Gasteiger partial charge is 0.489 e. The summed E-state index contributed by atoms with van der Waals surface area (Å²) in [4.78, 5) is 11.7. The molecule has 2 rings (SSSR count). The zero-order valence-electron chi connectivity index (χ0n) is 11.7. The van der Waals surface area contributed by atoms with Crippen molar-refractivity contribution in [3.05, 3.63) is 29.8 Å². The van der Waals surface area contributed by atoms with Gasteiger partial charge >= 0.3 is 6.09 Å². The van der Waals surface area contributed by atoms with Crippen LogP contribution < -0.4 is 10.1 Å². The first-order chi connectivity index (χ1) is 8.85. The van der Waals surface area contributed by atoms with Gasteiger partial charge in [-0.2, -0.15) is 0 Å². The highest BCUT2D eigenvalue weighted by Crippen LogP contribution is 2.32. The minimum Gasteiger partial charge on any atom is -0.489 e. The zero-order chi connectivity index (χ0) is 14.0. The highest BCUT2D eigenvalue weighted by Gasteiger charge is 2.17. The number of amides is 1. The van der Waals surface area contributed by atoms with Crippen molar-refractivity contribution in [1.82, 2.24) is 0 Å². The van der Waals surface area contributed by atoms with Gasteiger partial charge < -0.3 is 9.47 Å². The number of allylic oxidation sites excluding steroid dienone is 1. The van der Waals surface area contributed by atoms with Crippen molar-refractivity contribution in [2.45, 2.75) is 33.3 Å². The van der Waals surface area contributed by atoms with Crippen molar-refractivity contribution in [1.29, 1.82) is 0 Å². The summed E-state index contributed by atoms with van der Waals surface area (Å²) in [5, 5.41) is 2.70. The maximum Gasteiger partial charge on any atom is 0.412 e. The van der Waals surface area contributed by atoms with Crippen LogP contribution in [0.25, 0.3) is 5.57 Å². The Balaban J connectivity index is 2.11. The van der Waals surface area contributed by atoms with Gasteiger partial charge in [-0.25, -0.2) is 4.79 Å². The van der Waals surface area contributed by atoms with Crippen molar-refractivity contribution >= 4 is 17.4 Å². The maximum absolute atomic E-state index is 11.7. The van der Waals surface area contributed by atoms with Crippen LogP contribution in [-0.4, -0.2) is 18.3 Å². The van der Waals surface area contributed by atoms with Gasteiger partial charge in [0.15, 0.2) is 0 Å². The standard InChI is InChI=1S/C15H19NO3/c1-10-7-8-18-13-9-11(5-6-12(10)13)16-14(17)19-15(2,3)4/h5-7,9H,8H2,1-4H3,(H,16,17). The van der Waals surface area contributed by atoms with Crippen LogP contribution in [0.15, 0.2) is 24.3 Å². The van der Waals surface area contributed by atoms with Gasteiger partial charge in [0.2, 0.25) is 0 Å². The first-order valence-corrected chi connectivity index (χ1v) is 6.29. The molecule has 4 nitrogen and oxygen atoms in total. The number of benzene rings is 1. The van der Waals surface area contributed by atoms with Crippen LogP contribution in [0.3, 0.4) is 0 Å². The third-order valence-electron chi connectivity index (χ3n) is 2.68. The molecule has 0 spiro atoms. The molecule has 0 radical (unpaired) electrons. The van der Waals surface area contributed by atoms with Crippen LogP contribution in [-0.2, 0) is 4.74 Å². The van der Waals surface area contributed by atoms with E-state index in [0.29, 0.717) is 12.3 Å². The highest BCUT2D eigenvalue weighted by atomic mass is 16.6. The van der Waals surface area contributed by atoms with Gasteiger partial charge in [0.1, 0.15) is 18.0 Å². The summed E-state index contributed by atoms with van der Waals surface area (Å²) >= 11 is 0. The Hall–Kier alpha value is -1.97. The monoisotopic (exact) mass is 261 g/mol. The van der Waals surface area contributed by atoms with Crippen LogP contribution in [0.2, 0.25) is 0 Å². The first-order valence-electron chi connectivity index (χ1n) is 6.29. The van der Waals surface area contributed by atoms with Gasteiger partial charge in [-0.15, -0.1) is 0 Å². The summed E-state index contributed by atoms with van der Waals surface area (Å²) in [6.07, 6.45) is 1.57. The van der Waals surface area contributed by atoms with Crippen molar-refractivity contribution in [2.75, 3.05) is 11.9 Å². The van der Waals surface area contributed by atoms with E-state index in [4.69, 9.17) is 9.47 Å². The van der Waals surface area contributed by atoms with Crippen molar-refractivity contribution in [3.63, 3.8) is 0 Å². The van der Waals surface area contributed by atoms with Gasteiger partial charge in [-0.05, 0) is 51.5 Å². The Labute approximate surface area is 113 Å². The lowest BCUT2D eigenvalue weighted by atomic mass is 10.0. The van der Waals surface area contributed by atoms with E-state index < -0.39 is 11.7 Å². The molecule has 1 aliphatic rings. The third kappa shape index (κ3) is 3.50. The van der Waals surface area contributed by atoms with Crippen LogP contribution in [0.4, 0.5) is 10.5 Å². The summed E-state index contributed by atoms with van der Waals surface area (Å²) < 4.78 is 10.8. The van der Waals surface area contributed by atoms with E-state index in [1.54, 1.807) is 0 Å². The van der Waals surface area contributed by atoms with E-state index in [-0.39, 0.29) is 0 Å². The molecule has 0 bridgehead atoms. The normalized spacial score (nSPS) is 14.0. The average molecular weight is 261 g/mol. The van der Waals surface area contributed by atoms with E-state index in [0.717, 1.165) is 11.3 Å². The minimum atomic E-state index is -0.506. The van der Waals surface area contributed by atoms with Gasteiger partial charge in [0, 0.05) is 17.3 Å². The summed E-state index contributed by atoms with van der Waals surface area (Å²) in [6, 6.07) is 5.59. The predicted octanol–water partition coefficient (Wildman–Crippen LogP) is 3.83. The second kappa shape index (κ2) is 4.96. The average Bonchev–Trinajstić information content (AvgIpc) is 2.26. The SMILES string of the molecule is CC1=CCOc2cc(NC(=O)OC(C)(C)C)ccc21. The quantitative estimate of drug-likeness (QED) is 0.835. The molecule has 0 aliphatic carbocycles. The number of hydrogen-bond donors (Lipinski definition) is 1. The fourth-order valence-corrected chi connectivity index (χ4v) is 1.83. The second-order valence-corrected chi connectivity index (χ2v) is 5.54. The summed E-state index contributed by atoms with van der Waals surface area (Å²) in [6.45, 7) is 8.10. The fraction of sp³-hybridized carbons (Fsp3) is 0.400. The Kier molecular flexibility index (Phi) is 3.51. The van der Waals surface area contributed by atoms with Gasteiger partial charge in [-0.3, -0.25) is 5.32 Å². The number of rotatable bonds is 1. The molecule has 0 saturated carbocycles. The summed E-state index contributed by atoms with van der Waals surface area (Å²) in [5.74, 6) is 0.786. The van der Waals surface area contributed by atoms with E-state index in [9.17, 15) is 4.79 Å². The second-order valence-electron chi connectivity index (χ2n) is 5.54. The van der Waals surface area contributed by atoms with E-state index >= 15 is 0 Å². The van der Waals surface area contributed by atoms with Crippen LogP contribution in [0, 0.1) is 0 Å². The molecule has 0 aromatic heterocycles. The minimum absolute atomic E-state index is 0.462. The molecule has 0 saturated heterocycles. The van der Waals surface area contributed by atoms with Gasteiger partial charge in [0.25, 0.3) is 0 Å². The smallest absolute Gasteiger partial charge is 0.412 e. The number of carbonyl (C=O) groups is 1. The summed E-state index contributed by atoms with van der Waals surface area (Å²) in [5.41, 5.74) is 2.41. The molecular formula is C15H19NO3. The molecule has 1 aliphatic heterocycles. The van der Waals surface area contributed by atoms with E-state index in [1.807, 2.05) is 52.0 Å². The summed E-state index contributed by atoms with van der Waals surface area (Å²) in [7, 11) is 0. The molecule has 4 heteroatoms. The lowest BCUT2D eigenvalue weighted by Crippen LogP contribution is -2.27. The molecule has 0 atom stereocenters. The molecule has 1 amide bonds. The molecule has 102 valence electrons. The number of hydrogen-bond acceptors (Lipinski definition) is 3. The van der Waals surface area contributed by atoms with E-state index in [1.165, 1.54) is 5.57 Å². The lowest BCUT2D eigenvalue weighted by molar-refractivity contribution is 0.0636. The predicted molar refractivity (Wildman–Crippen MR) is 75.4 cm³/mol. The molecule has 0 unspecified atom stereocenters. The number of nitrogens with one attached hydrogen (secondary N) is 1. The maximum atomic E-state index is 11.7. The van der Waals surface area contributed by atoms with Crippen LogP contribution >= 0.6 is 0 Å². The Morgan fingerprint density at radius 2 is 2.11 bits per heavy atom. The van der Waals surface area contributed by atoms with Crippen LogP contribution in [0.1, 0.15) is 33.3 Å². The van der Waals surface area contributed by atoms with Gasteiger partial charge in [-0.1, -0.05) is 0 Å². The van der Waals surface area contributed by atoms with E-state index in [2.05, 4.69) is 5.32 Å². The zero-order valence-corrected chi connectivity index (χ0v) is 11.7. The highest BCUT2D eigenvalue weighted by molar-refractivity contribution is 5.86. The topological polar surface area (TPSA) is 47.6 Å². The van der Waals surface area contributed by atoms with Gasteiger partial charge in [0.05, 0.1) is 0 Å². The molecule has 0 fully saturated rings. The first kappa shape index (κ1) is 13.5. The fourth-order valence-electron chi connectivity index (χ4n) is 1.83. The number of carbonyl (C=O) groups excluding carboxylic acids is 1. The molecule has 1 aromatic carbocycles. The molecule has 1 aromatic rings. The van der Waals surface area contributed by atoms with Crippen molar-refractivity contribution < 1.29 is 14.3 Å². The number of ether oxygens (including phenoxy) is 2. The third-order valence-corrected chi connectivity index (χ3v) is 2.68. The number of fused-ring (bicyclic) bond motifs is 1. The molecule has 1 N–H and O–H groups in total. The molecular weight excluding hydrogens is 242 g/mol. The molecule has 19 heavy (non-hydrogen) atoms.